The minimum Gasteiger partial charge on any atom is -0.504 e. The zero-order valence-corrected chi connectivity index (χ0v) is 23.8. The Morgan fingerprint density at radius 2 is 1.93 bits per heavy atom. The zero-order chi connectivity index (χ0) is 31.3. The largest absolute Gasteiger partial charge is 0.504 e. The van der Waals surface area contributed by atoms with E-state index in [0.29, 0.717) is 19.8 Å². The molecule has 4 heterocycles. The number of benzene rings is 1. The molecule has 1 aliphatic heterocycles. The van der Waals surface area contributed by atoms with Crippen LogP contribution in [0, 0.1) is 24.5 Å². The second-order valence-corrected chi connectivity index (χ2v) is 10.4. The average molecular weight is 620 g/mol. The van der Waals surface area contributed by atoms with Crippen LogP contribution in [0.4, 0.5) is 24.7 Å². The first-order valence-corrected chi connectivity index (χ1v) is 13.3. The summed E-state index contributed by atoms with van der Waals surface area (Å²) in [5, 5.41) is 11.8. The second-order valence-electron chi connectivity index (χ2n) is 10.0. The Bertz CT molecular complexity index is 1880. The maximum Gasteiger partial charge on any atom is 0.263 e. The molecule has 1 fully saturated rings. The number of morpholine rings is 1. The Hall–Kier alpha value is -4.63. The van der Waals surface area contributed by atoms with Gasteiger partial charge in [0.25, 0.3) is 11.5 Å². The van der Waals surface area contributed by atoms with Gasteiger partial charge in [-0.2, -0.15) is 8.78 Å². The highest BCUT2D eigenvalue weighted by atomic mass is 35.5. The number of rotatable bonds is 6. The van der Waals surface area contributed by atoms with Crippen LogP contribution in [0.5, 0.6) is 5.75 Å². The Labute approximate surface area is 246 Å². The van der Waals surface area contributed by atoms with E-state index in [1.807, 2.05) is 6.92 Å². The Morgan fingerprint density at radius 1 is 1.21 bits per heavy atom. The number of pyridine rings is 1. The summed E-state index contributed by atoms with van der Waals surface area (Å²) in [6.45, 7) is 4.11. The van der Waals surface area contributed by atoms with Gasteiger partial charge < -0.3 is 30.4 Å². The molecule has 3 aromatic heterocycles. The number of aromatic hydroxyl groups is 1. The monoisotopic (exact) mass is 619 g/mol. The molecule has 5 rings (SSSR count). The smallest absolute Gasteiger partial charge is 0.263 e. The van der Waals surface area contributed by atoms with Crippen molar-refractivity contribution in [3.05, 3.63) is 62.7 Å². The van der Waals surface area contributed by atoms with E-state index in [1.54, 1.807) is 4.90 Å². The molecule has 0 bridgehead atoms. The molecular weight excluding hydrogens is 595 g/mol. The number of nitrogens with zero attached hydrogens (tertiary/aromatic N) is 5. The number of amides is 2. The topological polar surface area (TPSA) is 158 Å². The molecule has 0 radical (unpaired) electrons. The summed E-state index contributed by atoms with van der Waals surface area (Å²) in [4.78, 5) is 48.4. The minimum atomic E-state index is -1.75. The number of carbonyl (C=O) groups excluding carboxylic acids is 2. The molecule has 0 spiro atoms. The standard InChI is InChI=1S/C27H25ClF3N7O5/c1-11-10-43-5-4-38(11)17-7-16(20(28)24(31)35-17)34-18(39)9-37-8-15(19-26(37)33-12(2)36(3)27(19)42)13-6-14(25(32)41)23(40)22(30)21(13)29/h6-8,11,40H,4-5,9-10H2,1-3H3,(H2,32,41)(H,34,35,39)/t11-/m0/s1. The van der Waals surface area contributed by atoms with Crippen molar-refractivity contribution in [1.82, 2.24) is 19.1 Å². The molecule has 1 atom stereocenters. The van der Waals surface area contributed by atoms with E-state index in [-0.39, 0.29) is 40.0 Å². The normalized spacial score (nSPS) is 15.2. The number of primary amides is 1. The number of hydrogen-bond acceptors (Lipinski definition) is 8. The Morgan fingerprint density at radius 3 is 2.60 bits per heavy atom. The quantitative estimate of drug-likeness (QED) is 0.278. The molecule has 226 valence electrons. The lowest BCUT2D eigenvalue weighted by Gasteiger charge is -2.34. The van der Waals surface area contributed by atoms with Crippen LogP contribution in [0.2, 0.25) is 5.02 Å². The molecule has 2 amide bonds. The van der Waals surface area contributed by atoms with Crippen LogP contribution in [0.3, 0.4) is 0 Å². The second kappa shape index (κ2) is 11.2. The molecule has 16 heteroatoms. The minimum absolute atomic E-state index is 0.0610. The van der Waals surface area contributed by atoms with Crippen molar-refractivity contribution < 1.29 is 32.6 Å². The van der Waals surface area contributed by atoms with Crippen molar-refractivity contribution in [2.45, 2.75) is 26.4 Å². The average Bonchev–Trinajstić information content (AvgIpc) is 3.30. The van der Waals surface area contributed by atoms with Gasteiger partial charge in [-0.05, 0) is 19.9 Å². The number of nitrogens with one attached hydrogen (secondary N) is 1. The third-order valence-corrected chi connectivity index (χ3v) is 7.57. The van der Waals surface area contributed by atoms with Crippen molar-refractivity contribution in [3.8, 4) is 16.9 Å². The summed E-state index contributed by atoms with van der Waals surface area (Å²) < 4.78 is 52.2. The molecule has 0 unspecified atom stereocenters. The lowest BCUT2D eigenvalue weighted by atomic mass is 10.0. The van der Waals surface area contributed by atoms with Gasteiger partial charge in [0.1, 0.15) is 28.9 Å². The fraction of sp³-hybridized carbons (Fsp3) is 0.296. The predicted octanol–water partition coefficient (Wildman–Crippen LogP) is 2.84. The van der Waals surface area contributed by atoms with Crippen LogP contribution in [0.1, 0.15) is 23.1 Å². The Kier molecular flexibility index (Phi) is 7.79. The summed E-state index contributed by atoms with van der Waals surface area (Å²) >= 11 is 6.12. The van der Waals surface area contributed by atoms with Gasteiger partial charge in [-0.3, -0.25) is 19.0 Å². The summed E-state index contributed by atoms with van der Waals surface area (Å²) in [7, 11) is 1.41. The summed E-state index contributed by atoms with van der Waals surface area (Å²) in [5.41, 5.74) is 2.93. The SMILES string of the molecule is Cc1nc2c(c(-c3cc(C(N)=O)c(O)c(F)c3F)cn2CC(=O)Nc2cc(N3CCOC[C@@H]3C)nc(F)c2Cl)c(=O)n1C. The number of carbonyl (C=O) groups is 2. The number of fused-ring (bicyclic) bond motifs is 1. The number of phenols is 1. The van der Waals surface area contributed by atoms with Crippen LogP contribution < -0.4 is 21.5 Å². The van der Waals surface area contributed by atoms with Gasteiger partial charge >= 0.3 is 0 Å². The van der Waals surface area contributed by atoms with E-state index < -0.39 is 63.4 Å². The van der Waals surface area contributed by atoms with Gasteiger partial charge in [0.15, 0.2) is 11.6 Å². The van der Waals surface area contributed by atoms with Crippen LogP contribution in [-0.4, -0.2) is 61.8 Å². The van der Waals surface area contributed by atoms with Gasteiger partial charge in [0.2, 0.25) is 17.7 Å². The van der Waals surface area contributed by atoms with Crippen molar-refractivity contribution in [1.29, 1.82) is 0 Å². The van der Waals surface area contributed by atoms with Crippen molar-refractivity contribution >= 4 is 46.0 Å². The Balaban J connectivity index is 1.58. The maximum absolute atomic E-state index is 15.1. The van der Waals surface area contributed by atoms with Crippen LogP contribution in [-0.2, 0) is 23.1 Å². The fourth-order valence-corrected chi connectivity index (χ4v) is 5.02. The first-order valence-electron chi connectivity index (χ1n) is 12.9. The zero-order valence-electron chi connectivity index (χ0n) is 23.0. The molecular formula is C27H25ClF3N7O5. The number of aryl methyl sites for hydroxylation is 1. The lowest BCUT2D eigenvalue weighted by molar-refractivity contribution is -0.116. The number of hydrogen-bond donors (Lipinski definition) is 3. The van der Waals surface area contributed by atoms with Crippen LogP contribution in [0.15, 0.2) is 23.1 Å². The molecule has 1 aliphatic rings. The molecule has 1 saturated heterocycles. The highest BCUT2D eigenvalue weighted by molar-refractivity contribution is 6.33. The molecule has 12 nitrogen and oxygen atoms in total. The number of ether oxygens (including phenoxy) is 1. The number of halogens is 4. The van der Waals surface area contributed by atoms with E-state index in [1.165, 1.54) is 30.8 Å². The molecule has 1 aromatic carbocycles. The van der Waals surface area contributed by atoms with Gasteiger partial charge in [-0.15, -0.1) is 0 Å². The van der Waals surface area contributed by atoms with Gasteiger partial charge in [0.05, 0.1) is 35.9 Å². The number of aromatic nitrogens is 4. The third kappa shape index (κ3) is 5.25. The maximum atomic E-state index is 15.1. The summed E-state index contributed by atoms with van der Waals surface area (Å²) in [5.74, 6) is -7.09. The van der Waals surface area contributed by atoms with Crippen molar-refractivity contribution in [2.24, 2.45) is 12.8 Å². The molecule has 0 saturated carbocycles. The first-order chi connectivity index (χ1) is 20.3. The summed E-state index contributed by atoms with van der Waals surface area (Å²) in [6.07, 6.45) is 1.17. The lowest BCUT2D eigenvalue weighted by Crippen LogP contribution is -2.44. The first kappa shape index (κ1) is 29.8. The van der Waals surface area contributed by atoms with Gasteiger partial charge in [0, 0.05) is 37.0 Å². The van der Waals surface area contributed by atoms with E-state index in [4.69, 9.17) is 22.1 Å². The molecule has 4 N–H and O–H groups in total. The third-order valence-electron chi connectivity index (χ3n) is 7.21. The fourth-order valence-electron chi connectivity index (χ4n) is 4.88. The van der Waals surface area contributed by atoms with Gasteiger partial charge in [-0.1, -0.05) is 11.6 Å². The highest BCUT2D eigenvalue weighted by Crippen LogP contribution is 2.36. The van der Waals surface area contributed by atoms with E-state index in [0.717, 1.165) is 10.6 Å². The van der Waals surface area contributed by atoms with E-state index in [2.05, 4.69) is 15.3 Å². The van der Waals surface area contributed by atoms with E-state index >= 15 is 4.39 Å². The molecule has 0 aliphatic carbocycles. The van der Waals surface area contributed by atoms with Crippen molar-refractivity contribution in [3.63, 3.8) is 0 Å². The number of anilines is 2. The van der Waals surface area contributed by atoms with E-state index in [9.17, 15) is 28.3 Å². The van der Waals surface area contributed by atoms with Crippen LogP contribution >= 0.6 is 11.6 Å². The predicted molar refractivity (Wildman–Crippen MR) is 151 cm³/mol. The molecule has 4 aromatic rings. The highest BCUT2D eigenvalue weighted by Gasteiger charge is 2.27. The molecule has 43 heavy (non-hydrogen) atoms. The summed E-state index contributed by atoms with van der Waals surface area (Å²) in [6, 6.07) is 2.11. The van der Waals surface area contributed by atoms with Crippen LogP contribution in [0.25, 0.3) is 22.2 Å². The van der Waals surface area contributed by atoms with Gasteiger partial charge in [-0.25, -0.2) is 14.4 Å². The van der Waals surface area contributed by atoms with Crippen molar-refractivity contribution in [2.75, 3.05) is 30.0 Å². The number of nitrogens with two attached hydrogens (primary N) is 1.